The van der Waals surface area contributed by atoms with Crippen LogP contribution in [0.1, 0.15) is 18.4 Å². The molecule has 0 atom stereocenters. The number of H-pyrrole nitrogens is 1. The van der Waals surface area contributed by atoms with Crippen LogP contribution < -0.4 is 17.0 Å². The molecule has 0 aliphatic heterocycles. The van der Waals surface area contributed by atoms with Gasteiger partial charge in [-0.1, -0.05) is 12.2 Å². The molecule has 1 heterocycles. The maximum absolute atomic E-state index is 11.4. The minimum absolute atomic E-state index is 0.288. The number of allylic oxidation sites excluding steroid dienone is 2. The maximum atomic E-state index is 11.4. The fraction of sp³-hybridized carbons (Fsp3) is 0.364. The van der Waals surface area contributed by atoms with Crippen molar-refractivity contribution in [1.29, 1.82) is 0 Å². The van der Waals surface area contributed by atoms with E-state index in [1.807, 2.05) is 0 Å². The van der Waals surface area contributed by atoms with Crippen LogP contribution in [0.25, 0.3) is 0 Å². The van der Waals surface area contributed by atoms with Crippen LogP contribution in [0, 0.1) is 6.92 Å². The van der Waals surface area contributed by atoms with Crippen LogP contribution in [-0.2, 0) is 11.3 Å². The first-order chi connectivity index (χ1) is 8.00. The second kappa shape index (κ2) is 5.83. The first kappa shape index (κ1) is 13.0. The second-order valence-corrected chi connectivity index (χ2v) is 3.70. The third-order valence-corrected chi connectivity index (χ3v) is 2.22. The molecule has 0 unspecified atom stereocenters. The lowest BCUT2D eigenvalue weighted by Gasteiger charge is -2.01. The van der Waals surface area contributed by atoms with Crippen molar-refractivity contribution in [2.45, 2.75) is 26.3 Å². The standard InChI is InChI=1S/C11H15N3O3/c1-8-7-14(11(17)13-10(8)16)6-4-2-3-5-9(12)15/h2,4,7H,3,5-6H2,1H3,(H2,12,15)(H,13,16,17)/b4-2+. The molecule has 1 rings (SSSR count). The summed E-state index contributed by atoms with van der Waals surface area (Å²) < 4.78 is 1.39. The first-order valence-electron chi connectivity index (χ1n) is 5.24. The van der Waals surface area contributed by atoms with Gasteiger partial charge in [0.15, 0.2) is 0 Å². The number of rotatable bonds is 5. The molecule has 6 nitrogen and oxygen atoms in total. The van der Waals surface area contributed by atoms with Crippen LogP contribution in [0.5, 0.6) is 0 Å². The van der Waals surface area contributed by atoms with E-state index in [0.29, 0.717) is 18.5 Å². The number of hydrogen-bond donors (Lipinski definition) is 2. The van der Waals surface area contributed by atoms with Crippen LogP contribution in [0.2, 0.25) is 0 Å². The van der Waals surface area contributed by atoms with Crippen molar-refractivity contribution in [3.8, 4) is 0 Å². The Hall–Kier alpha value is -2.11. The molecule has 1 aromatic heterocycles. The molecule has 0 spiro atoms. The van der Waals surface area contributed by atoms with E-state index >= 15 is 0 Å². The van der Waals surface area contributed by atoms with E-state index in [4.69, 9.17) is 5.73 Å². The average Bonchev–Trinajstić information content (AvgIpc) is 2.24. The summed E-state index contributed by atoms with van der Waals surface area (Å²) in [5, 5.41) is 0. The lowest BCUT2D eigenvalue weighted by Crippen LogP contribution is -2.30. The van der Waals surface area contributed by atoms with Crippen molar-refractivity contribution >= 4 is 5.91 Å². The van der Waals surface area contributed by atoms with Crippen molar-refractivity contribution in [3.05, 3.63) is 44.8 Å². The normalized spacial score (nSPS) is 10.9. The molecule has 0 saturated carbocycles. The minimum Gasteiger partial charge on any atom is -0.370 e. The summed E-state index contributed by atoms with van der Waals surface area (Å²) >= 11 is 0. The third-order valence-electron chi connectivity index (χ3n) is 2.22. The number of aromatic amines is 1. The van der Waals surface area contributed by atoms with E-state index in [1.54, 1.807) is 19.1 Å². The molecule has 0 aromatic carbocycles. The van der Waals surface area contributed by atoms with E-state index in [1.165, 1.54) is 10.8 Å². The van der Waals surface area contributed by atoms with E-state index < -0.39 is 5.69 Å². The van der Waals surface area contributed by atoms with Crippen molar-refractivity contribution in [2.24, 2.45) is 5.73 Å². The van der Waals surface area contributed by atoms with Crippen LogP contribution >= 0.6 is 0 Å². The Labute approximate surface area is 97.8 Å². The Balaban J connectivity index is 2.64. The number of carbonyl (C=O) groups is 1. The number of carbonyl (C=O) groups excluding carboxylic acids is 1. The Bertz CT molecular complexity index is 540. The number of nitrogens with two attached hydrogens (primary N) is 1. The lowest BCUT2D eigenvalue weighted by molar-refractivity contribution is -0.117. The smallest absolute Gasteiger partial charge is 0.328 e. The molecule has 17 heavy (non-hydrogen) atoms. The van der Waals surface area contributed by atoms with Crippen molar-refractivity contribution in [2.75, 3.05) is 0 Å². The molecule has 1 amide bonds. The molecule has 92 valence electrons. The lowest BCUT2D eigenvalue weighted by atomic mass is 10.3. The van der Waals surface area contributed by atoms with E-state index in [9.17, 15) is 14.4 Å². The highest BCUT2D eigenvalue weighted by molar-refractivity contribution is 5.73. The summed E-state index contributed by atoms with van der Waals surface area (Å²) in [6.07, 6.45) is 5.86. The molecule has 0 aliphatic carbocycles. The van der Waals surface area contributed by atoms with Crippen LogP contribution in [0.4, 0.5) is 0 Å². The molecule has 0 bridgehead atoms. The van der Waals surface area contributed by atoms with Gasteiger partial charge in [0.25, 0.3) is 5.56 Å². The highest BCUT2D eigenvalue weighted by atomic mass is 16.2. The molecule has 0 aliphatic rings. The molecular weight excluding hydrogens is 222 g/mol. The summed E-state index contributed by atoms with van der Waals surface area (Å²) in [7, 11) is 0. The zero-order chi connectivity index (χ0) is 12.8. The number of nitrogens with one attached hydrogen (secondary N) is 1. The van der Waals surface area contributed by atoms with Crippen molar-refractivity contribution < 1.29 is 4.79 Å². The van der Waals surface area contributed by atoms with E-state index in [-0.39, 0.29) is 17.9 Å². The van der Waals surface area contributed by atoms with Gasteiger partial charge in [0, 0.05) is 24.7 Å². The molecule has 0 saturated heterocycles. The van der Waals surface area contributed by atoms with Gasteiger partial charge in [0.2, 0.25) is 5.91 Å². The second-order valence-electron chi connectivity index (χ2n) is 3.70. The number of primary amides is 1. The molecular formula is C11H15N3O3. The van der Waals surface area contributed by atoms with Crippen LogP contribution in [0.3, 0.4) is 0 Å². The van der Waals surface area contributed by atoms with Crippen LogP contribution in [0.15, 0.2) is 27.9 Å². The minimum atomic E-state index is -0.444. The number of nitrogens with zero attached hydrogens (tertiary/aromatic N) is 1. The zero-order valence-corrected chi connectivity index (χ0v) is 9.60. The van der Waals surface area contributed by atoms with E-state index in [2.05, 4.69) is 4.98 Å². The van der Waals surface area contributed by atoms with Gasteiger partial charge in [-0.15, -0.1) is 0 Å². The summed E-state index contributed by atoms with van der Waals surface area (Å²) in [5.41, 5.74) is 4.64. The molecule has 3 N–H and O–H groups in total. The Kier molecular flexibility index (Phi) is 4.45. The predicted molar refractivity (Wildman–Crippen MR) is 63.6 cm³/mol. The van der Waals surface area contributed by atoms with Gasteiger partial charge in [-0.2, -0.15) is 0 Å². The molecule has 6 heteroatoms. The number of aromatic nitrogens is 2. The predicted octanol–water partition coefficient (Wildman–Crippen LogP) is -0.333. The highest BCUT2D eigenvalue weighted by Gasteiger charge is 1.98. The van der Waals surface area contributed by atoms with Gasteiger partial charge in [0.1, 0.15) is 0 Å². The monoisotopic (exact) mass is 237 g/mol. The fourth-order valence-electron chi connectivity index (χ4n) is 1.29. The first-order valence-corrected chi connectivity index (χ1v) is 5.24. The van der Waals surface area contributed by atoms with Gasteiger partial charge in [-0.25, -0.2) is 4.79 Å². The quantitative estimate of drug-likeness (QED) is 0.686. The highest BCUT2D eigenvalue weighted by Crippen LogP contribution is 1.91. The SMILES string of the molecule is Cc1cn(C/C=C/CCC(N)=O)c(=O)[nH]c1=O. The average molecular weight is 237 g/mol. The zero-order valence-electron chi connectivity index (χ0n) is 9.60. The maximum Gasteiger partial charge on any atom is 0.328 e. The Morgan fingerprint density at radius 1 is 1.47 bits per heavy atom. The van der Waals surface area contributed by atoms with Crippen molar-refractivity contribution in [3.63, 3.8) is 0 Å². The topological polar surface area (TPSA) is 97.9 Å². The van der Waals surface area contributed by atoms with Gasteiger partial charge in [-0.3, -0.25) is 19.1 Å². The van der Waals surface area contributed by atoms with Gasteiger partial charge >= 0.3 is 5.69 Å². The number of amides is 1. The molecule has 0 fully saturated rings. The molecule has 1 aromatic rings. The Morgan fingerprint density at radius 2 is 2.18 bits per heavy atom. The summed E-state index contributed by atoms with van der Waals surface area (Å²) in [4.78, 5) is 35.1. The van der Waals surface area contributed by atoms with Crippen molar-refractivity contribution in [1.82, 2.24) is 9.55 Å². The summed E-state index contributed by atoms with van der Waals surface area (Å²) in [6, 6.07) is 0. The van der Waals surface area contributed by atoms with Crippen LogP contribution in [-0.4, -0.2) is 15.5 Å². The van der Waals surface area contributed by atoms with Gasteiger partial charge in [0.05, 0.1) is 0 Å². The van der Waals surface area contributed by atoms with Gasteiger partial charge in [-0.05, 0) is 13.3 Å². The summed E-state index contributed by atoms with van der Waals surface area (Å²) in [5.74, 6) is -0.355. The van der Waals surface area contributed by atoms with Gasteiger partial charge < -0.3 is 5.73 Å². The number of hydrogen-bond acceptors (Lipinski definition) is 3. The third kappa shape index (κ3) is 4.10. The van der Waals surface area contributed by atoms with E-state index in [0.717, 1.165) is 0 Å². The largest absolute Gasteiger partial charge is 0.370 e. The molecule has 0 radical (unpaired) electrons. The summed E-state index contributed by atoms with van der Waals surface area (Å²) in [6.45, 7) is 1.99. The Morgan fingerprint density at radius 3 is 2.82 bits per heavy atom. The number of aryl methyl sites for hydroxylation is 1. The fourth-order valence-corrected chi connectivity index (χ4v) is 1.29.